The molecule has 25 heavy (non-hydrogen) atoms. The van der Waals surface area contributed by atoms with Crippen LogP contribution in [0.15, 0.2) is 45.5 Å². The summed E-state index contributed by atoms with van der Waals surface area (Å²) in [5.41, 5.74) is 0.834. The number of hydrogen-bond acceptors (Lipinski definition) is 4. The van der Waals surface area contributed by atoms with Gasteiger partial charge >= 0.3 is 0 Å². The fourth-order valence-corrected chi connectivity index (χ4v) is 5.12. The molecule has 1 aromatic heterocycles. The zero-order valence-electron chi connectivity index (χ0n) is 13.3. The van der Waals surface area contributed by atoms with Gasteiger partial charge < -0.3 is 9.32 Å². The van der Waals surface area contributed by atoms with Gasteiger partial charge in [-0.1, -0.05) is 23.7 Å². The molecule has 1 saturated heterocycles. The van der Waals surface area contributed by atoms with E-state index in [1.807, 2.05) is 0 Å². The van der Waals surface area contributed by atoms with E-state index in [9.17, 15) is 13.2 Å². The Morgan fingerprint density at radius 1 is 1.24 bits per heavy atom. The standard InChI is InChI=1S/C17H17BrClNO4S/c18-16-6-5-15(24-16)10-20(14-7-8-25(22,23)11-14)17(21)9-12-1-3-13(19)4-2-12/h1-6,14H,7-11H2. The number of nitrogens with zero attached hydrogens (tertiary/aromatic N) is 1. The first kappa shape index (κ1) is 18.5. The van der Waals surface area contributed by atoms with Gasteiger partial charge in [0.15, 0.2) is 14.5 Å². The maximum Gasteiger partial charge on any atom is 0.227 e. The zero-order chi connectivity index (χ0) is 18.0. The van der Waals surface area contributed by atoms with Crippen LogP contribution in [0.3, 0.4) is 0 Å². The van der Waals surface area contributed by atoms with E-state index >= 15 is 0 Å². The number of furan rings is 1. The van der Waals surface area contributed by atoms with Crippen molar-refractivity contribution in [2.45, 2.75) is 25.4 Å². The average Bonchev–Trinajstić information content (AvgIpc) is 3.12. The molecule has 8 heteroatoms. The van der Waals surface area contributed by atoms with E-state index in [0.29, 0.717) is 21.9 Å². The molecule has 1 atom stereocenters. The number of benzene rings is 1. The maximum absolute atomic E-state index is 12.9. The van der Waals surface area contributed by atoms with Gasteiger partial charge in [-0.15, -0.1) is 0 Å². The highest BCUT2D eigenvalue weighted by atomic mass is 79.9. The number of carbonyl (C=O) groups excluding carboxylic acids is 1. The summed E-state index contributed by atoms with van der Waals surface area (Å²) in [6.07, 6.45) is 0.645. The smallest absolute Gasteiger partial charge is 0.227 e. The minimum absolute atomic E-state index is 0.00123. The van der Waals surface area contributed by atoms with Crippen LogP contribution in [0.25, 0.3) is 0 Å². The number of hydrogen-bond donors (Lipinski definition) is 0. The van der Waals surface area contributed by atoms with Crippen LogP contribution >= 0.6 is 27.5 Å². The normalized spacial score (nSPS) is 19.0. The lowest BCUT2D eigenvalue weighted by Gasteiger charge is -2.27. The Hall–Kier alpha value is -1.31. The fraction of sp³-hybridized carbons (Fsp3) is 0.353. The molecule has 134 valence electrons. The van der Waals surface area contributed by atoms with E-state index in [1.165, 1.54) is 0 Å². The molecule has 0 spiro atoms. The Labute approximate surface area is 160 Å². The SMILES string of the molecule is O=C(Cc1ccc(Cl)cc1)N(Cc1ccc(Br)o1)C1CCS(=O)(=O)C1. The molecule has 5 nitrogen and oxygen atoms in total. The highest BCUT2D eigenvalue weighted by Gasteiger charge is 2.35. The summed E-state index contributed by atoms with van der Waals surface area (Å²) in [5, 5.41) is 0.607. The number of carbonyl (C=O) groups is 1. The summed E-state index contributed by atoms with van der Waals surface area (Å²) in [5.74, 6) is 0.600. The zero-order valence-corrected chi connectivity index (χ0v) is 16.5. The molecule has 1 aliphatic heterocycles. The molecule has 1 aliphatic rings. The summed E-state index contributed by atoms with van der Waals surface area (Å²) in [6, 6.07) is 10.3. The lowest BCUT2D eigenvalue weighted by Crippen LogP contribution is -2.41. The predicted octanol–water partition coefficient (Wildman–Crippen LogP) is 3.45. The minimum atomic E-state index is -3.09. The minimum Gasteiger partial charge on any atom is -0.452 e. The number of amides is 1. The van der Waals surface area contributed by atoms with Gasteiger partial charge in [-0.3, -0.25) is 4.79 Å². The molecule has 0 saturated carbocycles. The third kappa shape index (κ3) is 4.86. The highest BCUT2D eigenvalue weighted by Crippen LogP contribution is 2.23. The van der Waals surface area contributed by atoms with Crippen LogP contribution in [0.1, 0.15) is 17.7 Å². The first-order chi connectivity index (χ1) is 11.8. The molecule has 2 aromatic rings. The van der Waals surface area contributed by atoms with Crippen LogP contribution in [0.5, 0.6) is 0 Å². The topological polar surface area (TPSA) is 67.6 Å². The second kappa shape index (κ2) is 7.51. The van der Waals surface area contributed by atoms with E-state index in [4.69, 9.17) is 16.0 Å². The number of rotatable bonds is 5. The van der Waals surface area contributed by atoms with Gasteiger partial charge in [0.2, 0.25) is 5.91 Å². The second-order valence-electron chi connectivity index (χ2n) is 6.09. The van der Waals surface area contributed by atoms with Crippen molar-refractivity contribution < 1.29 is 17.6 Å². The number of halogens is 2. The third-order valence-corrected chi connectivity index (χ3v) is 6.62. The molecular weight excluding hydrogens is 430 g/mol. The van der Waals surface area contributed by atoms with Gasteiger partial charge in [-0.05, 0) is 52.2 Å². The Balaban J connectivity index is 1.79. The van der Waals surface area contributed by atoms with Crippen LogP contribution in [-0.4, -0.2) is 36.8 Å². The van der Waals surface area contributed by atoms with E-state index in [2.05, 4.69) is 15.9 Å². The molecule has 2 heterocycles. The molecule has 0 aliphatic carbocycles. The van der Waals surface area contributed by atoms with E-state index < -0.39 is 9.84 Å². The summed E-state index contributed by atoms with van der Waals surface area (Å²) in [4.78, 5) is 14.5. The highest BCUT2D eigenvalue weighted by molar-refractivity contribution is 9.10. The summed E-state index contributed by atoms with van der Waals surface area (Å²) >= 11 is 9.12. The molecular formula is C17H17BrClNO4S. The van der Waals surface area contributed by atoms with E-state index in [0.717, 1.165) is 5.56 Å². The van der Waals surface area contributed by atoms with E-state index in [-0.39, 0.29) is 36.4 Å². The average molecular weight is 447 g/mol. The third-order valence-electron chi connectivity index (χ3n) is 4.19. The van der Waals surface area contributed by atoms with Crippen LogP contribution < -0.4 is 0 Å². The molecule has 1 unspecified atom stereocenters. The monoisotopic (exact) mass is 445 g/mol. The number of sulfone groups is 1. The first-order valence-corrected chi connectivity index (χ1v) is 10.8. The van der Waals surface area contributed by atoms with Crippen molar-refractivity contribution in [2.24, 2.45) is 0 Å². The Kier molecular flexibility index (Phi) is 5.55. The van der Waals surface area contributed by atoms with Gasteiger partial charge in [0.1, 0.15) is 5.76 Å². The largest absolute Gasteiger partial charge is 0.452 e. The predicted molar refractivity (Wildman–Crippen MR) is 99.2 cm³/mol. The fourth-order valence-electron chi connectivity index (χ4n) is 2.93. The second-order valence-corrected chi connectivity index (χ2v) is 9.53. The van der Waals surface area contributed by atoms with E-state index in [1.54, 1.807) is 41.3 Å². The molecule has 1 fully saturated rings. The van der Waals surface area contributed by atoms with Crippen molar-refractivity contribution in [1.82, 2.24) is 4.90 Å². The van der Waals surface area contributed by atoms with Crippen molar-refractivity contribution in [3.8, 4) is 0 Å². The Bertz CT molecular complexity index is 863. The van der Waals surface area contributed by atoms with Gasteiger partial charge in [0.25, 0.3) is 0 Å². The summed E-state index contributed by atoms with van der Waals surface area (Å²) in [6.45, 7) is 0.248. The van der Waals surface area contributed by atoms with Gasteiger partial charge in [-0.2, -0.15) is 0 Å². The molecule has 3 rings (SSSR count). The van der Waals surface area contributed by atoms with Crippen LogP contribution in [0.2, 0.25) is 5.02 Å². The lowest BCUT2D eigenvalue weighted by molar-refractivity contribution is -0.133. The Morgan fingerprint density at radius 2 is 1.96 bits per heavy atom. The quantitative estimate of drug-likeness (QED) is 0.705. The lowest BCUT2D eigenvalue weighted by atomic mass is 10.1. The van der Waals surface area contributed by atoms with Crippen molar-refractivity contribution >= 4 is 43.3 Å². The Morgan fingerprint density at radius 3 is 2.52 bits per heavy atom. The molecule has 1 amide bonds. The van der Waals surface area contributed by atoms with Crippen molar-refractivity contribution in [3.05, 3.63) is 57.4 Å². The van der Waals surface area contributed by atoms with Gasteiger partial charge in [0.05, 0.1) is 24.5 Å². The molecule has 0 N–H and O–H groups in total. The van der Waals surface area contributed by atoms with Crippen LogP contribution in [0.4, 0.5) is 0 Å². The molecule has 0 bridgehead atoms. The summed E-state index contributed by atoms with van der Waals surface area (Å²) < 4.78 is 29.7. The summed E-state index contributed by atoms with van der Waals surface area (Å²) in [7, 11) is -3.09. The van der Waals surface area contributed by atoms with Crippen molar-refractivity contribution in [1.29, 1.82) is 0 Å². The van der Waals surface area contributed by atoms with Crippen LogP contribution in [0, 0.1) is 0 Å². The van der Waals surface area contributed by atoms with Crippen molar-refractivity contribution in [2.75, 3.05) is 11.5 Å². The first-order valence-electron chi connectivity index (χ1n) is 7.81. The van der Waals surface area contributed by atoms with Crippen LogP contribution in [-0.2, 0) is 27.6 Å². The maximum atomic E-state index is 12.9. The van der Waals surface area contributed by atoms with Gasteiger partial charge in [-0.25, -0.2) is 8.42 Å². The molecule has 0 radical (unpaired) electrons. The van der Waals surface area contributed by atoms with Gasteiger partial charge in [0, 0.05) is 11.1 Å². The van der Waals surface area contributed by atoms with Crippen molar-refractivity contribution in [3.63, 3.8) is 0 Å². The molecule has 1 aromatic carbocycles.